The quantitative estimate of drug-likeness (QED) is 0.493. The molecule has 2 aromatic rings. The van der Waals surface area contributed by atoms with Crippen LogP contribution >= 0.6 is 0 Å². The van der Waals surface area contributed by atoms with E-state index < -0.39 is 0 Å². The van der Waals surface area contributed by atoms with Gasteiger partial charge in [-0.15, -0.1) is 0 Å². The van der Waals surface area contributed by atoms with Gasteiger partial charge in [-0.3, -0.25) is 0 Å². The first kappa shape index (κ1) is 7.08. The number of hydrogen-bond donors (Lipinski definition) is 0. The van der Waals surface area contributed by atoms with E-state index in [2.05, 4.69) is 40.8 Å². The number of aryl methyl sites for hydroxylation is 1. The Kier molecular flexibility index (Phi) is 1.80. The summed E-state index contributed by atoms with van der Waals surface area (Å²) in [7, 11) is 0. The maximum atomic E-state index is 2.33. The molecule has 1 nitrogen and oxygen atoms in total. The molecule has 0 saturated carbocycles. The summed E-state index contributed by atoms with van der Waals surface area (Å²) in [5.74, 6) is 0. The van der Waals surface area contributed by atoms with Gasteiger partial charge in [-0.2, -0.15) is 0 Å². The molecule has 0 aliphatic carbocycles. The topological polar surface area (TPSA) is 3.88 Å². The van der Waals surface area contributed by atoms with Gasteiger partial charge in [0.1, 0.15) is 0 Å². The molecule has 2 heteroatoms. The molecule has 0 radical (unpaired) electrons. The summed E-state index contributed by atoms with van der Waals surface area (Å²) in [6.07, 6.45) is 0. The molecule has 0 amide bonds. The summed E-state index contributed by atoms with van der Waals surface area (Å²) in [6.45, 7) is 3.29. The summed E-state index contributed by atoms with van der Waals surface area (Å²) in [5, 5.41) is 2.32. The number of benzene rings is 1. The van der Waals surface area contributed by atoms with E-state index >= 15 is 0 Å². The first-order valence-corrected chi connectivity index (χ1v) is 5.62. The molecule has 0 aliphatic rings. The van der Waals surface area contributed by atoms with Crippen molar-refractivity contribution in [3.63, 3.8) is 0 Å². The third-order valence-corrected chi connectivity index (χ3v) is 3.83. The third-order valence-electron chi connectivity index (χ3n) is 1.82. The fourth-order valence-electron chi connectivity index (χ4n) is 1.22. The van der Waals surface area contributed by atoms with Gasteiger partial charge in [-0.25, -0.2) is 0 Å². The van der Waals surface area contributed by atoms with Crippen molar-refractivity contribution in [2.75, 3.05) is 0 Å². The monoisotopic (exact) mass is 212 g/mol. The van der Waals surface area contributed by atoms with Crippen molar-refractivity contribution in [2.45, 2.75) is 13.5 Å². The van der Waals surface area contributed by atoms with Gasteiger partial charge >= 0.3 is 71.7 Å². The van der Waals surface area contributed by atoms with Gasteiger partial charge < -0.3 is 0 Å². The molecular formula is C9H10NSe+. The Morgan fingerprint density at radius 2 is 2.18 bits per heavy atom. The van der Waals surface area contributed by atoms with Gasteiger partial charge in [0.05, 0.1) is 0 Å². The molecular weight excluding hydrogens is 201 g/mol. The SMILES string of the molecule is CC[n+]1c[se]c2ccccc21. The molecule has 0 unspecified atom stereocenters. The summed E-state index contributed by atoms with van der Waals surface area (Å²) in [6, 6.07) is 8.65. The number of rotatable bonds is 1. The van der Waals surface area contributed by atoms with Crippen LogP contribution in [-0.2, 0) is 6.54 Å². The first-order valence-electron chi connectivity index (χ1n) is 3.77. The molecule has 0 fully saturated rings. The van der Waals surface area contributed by atoms with E-state index in [1.807, 2.05) is 0 Å². The zero-order chi connectivity index (χ0) is 7.68. The number of para-hydroxylation sites is 1. The second-order valence-electron chi connectivity index (χ2n) is 2.48. The summed E-state index contributed by atoms with van der Waals surface area (Å²) in [5.41, 5.74) is 1.41. The number of aromatic nitrogens is 1. The molecule has 0 atom stereocenters. The van der Waals surface area contributed by atoms with Gasteiger partial charge in [0.25, 0.3) is 0 Å². The van der Waals surface area contributed by atoms with E-state index in [-0.39, 0.29) is 0 Å². The van der Waals surface area contributed by atoms with Crippen LogP contribution in [0.4, 0.5) is 0 Å². The normalized spacial score (nSPS) is 10.6. The van der Waals surface area contributed by atoms with Crippen molar-refractivity contribution in [1.29, 1.82) is 0 Å². The van der Waals surface area contributed by atoms with Crippen LogP contribution in [0.25, 0.3) is 9.78 Å². The predicted molar refractivity (Wildman–Crippen MR) is 46.8 cm³/mol. The molecule has 0 spiro atoms. The van der Waals surface area contributed by atoms with Crippen LogP contribution in [0.5, 0.6) is 0 Å². The number of nitrogens with zero attached hydrogens (tertiary/aromatic N) is 1. The Labute approximate surface area is 72.0 Å². The third kappa shape index (κ3) is 1.13. The van der Waals surface area contributed by atoms with Gasteiger partial charge in [-0.1, -0.05) is 0 Å². The van der Waals surface area contributed by atoms with E-state index in [4.69, 9.17) is 0 Å². The van der Waals surface area contributed by atoms with Crippen molar-refractivity contribution in [3.05, 3.63) is 29.3 Å². The summed E-state index contributed by atoms with van der Waals surface area (Å²) in [4.78, 5) is 0. The van der Waals surface area contributed by atoms with Gasteiger partial charge in [0, 0.05) is 0 Å². The van der Waals surface area contributed by atoms with Gasteiger partial charge in [0.15, 0.2) is 0 Å². The fraction of sp³-hybridized carbons (Fsp3) is 0.222. The van der Waals surface area contributed by atoms with Crippen molar-refractivity contribution in [1.82, 2.24) is 0 Å². The zero-order valence-corrected chi connectivity index (χ0v) is 8.16. The van der Waals surface area contributed by atoms with Crippen molar-refractivity contribution < 1.29 is 4.57 Å². The molecule has 1 heterocycles. The summed E-state index contributed by atoms with van der Waals surface area (Å²) < 4.78 is 3.84. The van der Waals surface area contributed by atoms with Crippen LogP contribution in [0.3, 0.4) is 0 Å². The van der Waals surface area contributed by atoms with E-state index in [1.165, 1.54) is 9.78 Å². The molecule has 56 valence electrons. The molecule has 0 aliphatic heterocycles. The first-order chi connectivity index (χ1) is 5.42. The number of fused-ring (bicyclic) bond motifs is 1. The Morgan fingerprint density at radius 1 is 1.36 bits per heavy atom. The second-order valence-corrected chi connectivity index (χ2v) is 4.34. The molecule has 0 bridgehead atoms. The summed E-state index contributed by atoms with van der Waals surface area (Å²) >= 11 is 0.576. The number of hydrogen-bond acceptors (Lipinski definition) is 0. The van der Waals surface area contributed by atoms with Crippen LogP contribution in [0.1, 0.15) is 6.92 Å². The van der Waals surface area contributed by atoms with Crippen molar-refractivity contribution >= 4 is 24.3 Å². The van der Waals surface area contributed by atoms with E-state index in [9.17, 15) is 0 Å². The standard InChI is InChI=1S/C9H10NSe/c1-2-10-7-11-9-6-4-3-5-8(9)10/h3-7H,2H2,1H3/q+1. The molecule has 0 N–H and O–H groups in total. The fourth-order valence-corrected chi connectivity index (χ4v) is 3.24. The molecule has 0 saturated heterocycles. The minimum absolute atomic E-state index is 0.576. The molecule has 1 aromatic carbocycles. The zero-order valence-electron chi connectivity index (χ0n) is 6.45. The van der Waals surface area contributed by atoms with Crippen LogP contribution in [-0.4, -0.2) is 14.5 Å². The predicted octanol–water partition coefficient (Wildman–Crippen LogP) is 1.20. The Balaban J connectivity index is 2.76. The maximum absolute atomic E-state index is 2.33. The van der Waals surface area contributed by atoms with E-state index in [1.54, 1.807) is 0 Å². The minimum atomic E-state index is 0.576. The van der Waals surface area contributed by atoms with Crippen molar-refractivity contribution in [3.8, 4) is 0 Å². The average Bonchev–Trinajstić information content (AvgIpc) is 2.47. The molecule has 11 heavy (non-hydrogen) atoms. The van der Waals surface area contributed by atoms with Crippen LogP contribution in [0.15, 0.2) is 29.3 Å². The second kappa shape index (κ2) is 2.80. The van der Waals surface area contributed by atoms with E-state index in [0.717, 1.165) is 6.54 Å². The Morgan fingerprint density at radius 3 is 3.00 bits per heavy atom. The van der Waals surface area contributed by atoms with Crippen LogP contribution in [0.2, 0.25) is 0 Å². The van der Waals surface area contributed by atoms with Crippen LogP contribution in [0, 0.1) is 0 Å². The van der Waals surface area contributed by atoms with E-state index in [0.29, 0.717) is 14.5 Å². The Bertz CT molecular complexity index is 364. The van der Waals surface area contributed by atoms with Crippen LogP contribution < -0.4 is 4.57 Å². The van der Waals surface area contributed by atoms with Gasteiger partial charge in [-0.05, 0) is 0 Å². The van der Waals surface area contributed by atoms with Gasteiger partial charge in [0.2, 0.25) is 0 Å². The molecule has 2 rings (SSSR count). The van der Waals surface area contributed by atoms with Crippen molar-refractivity contribution in [2.24, 2.45) is 0 Å². The average molecular weight is 211 g/mol. The Hall–Kier alpha value is -0.591. The molecule has 1 aromatic heterocycles.